The van der Waals surface area contributed by atoms with Gasteiger partial charge in [-0.1, -0.05) is 12.1 Å². The van der Waals surface area contributed by atoms with E-state index in [4.69, 9.17) is 9.47 Å². The first kappa shape index (κ1) is 19.4. The molecule has 144 valence electrons. The number of sulfonamides is 1. The number of fused-ring (bicyclic) bond motifs is 1. The Bertz CT molecular complexity index is 968. The van der Waals surface area contributed by atoms with E-state index in [1.54, 1.807) is 20.1 Å². The van der Waals surface area contributed by atoms with Crippen molar-refractivity contribution in [2.24, 2.45) is 0 Å². The van der Waals surface area contributed by atoms with Crippen LogP contribution in [0.3, 0.4) is 0 Å². The molecule has 0 saturated heterocycles. The lowest BCUT2D eigenvalue weighted by atomic mass is 9.88. The van der Waals surface area contributed by atoms with E-state index in [0.29, 0.717) is 12.0 Å². The van der Waals surface area contributed by atoms with E-state index in [1.807, 2.05) is 18.2 Å². The number of methoxy groups -OCH3 is 2. The molecule has 0 aliphatic heterocycles. The molecule has 0 fully saturated rings. The minimum absolute atomic E-state index is 0.0501. The number of hydrogen-bond donors (Lipinski definition) is 1. The predicted octanol–water partition coefficient (Wildman–Crippen LogP) is 3.15. The maximum absolute atomic E-state index is 12.9. The summed E-state index contributed by atoms with van der Waals surface area (Å²) in [6.07, 6.45) is 2.49. The number of benzene rings is 2. The Hall–Kier alpha value is -2.38. The van der Waals surface area contributed by atoms with Crippen LogP contribution in [0.5, 0.6) is 5.75 Å². The van der Waals surface area contributed by atoms with Crippen LogP contribution in [-0.2, 0) is 21.2 Å². The maximum Gasteiger partial charge on any atom is 0.338 e. The van der Waals surface area contributed by atoms with Crippen molar-refractivity contribution in [3.05, 3.63) is 58.7 Å². The molecule has 0 saturated carbocycles. The van der Waals surface area contributed by atoms with Gasteiger partial charge in [-0.15, -0.1) is 0 Å². The van der Waals surface area contributed by atoms with Crippen LogP contribution < -0.4 is 9.46 Å². The molecule has 27 heavy (non-hydrogen) atoms. The highest BCUT2D eigenvalue weighted by Crippen LogP contribution is 2.33. The highest BCUT2D eigenvalue weighted by Gasteiger charge is 2.27. The molecule has 6 nitrogen and oxygen atoms in total. The van der Waals surface area contributed by atoms with E-state index in [9.17, 15) is 13.2 Å². The Morgan fingerprint density at radius 2 is 1.93 bits per heavy atom. The molecule has 0 radical (unpaired) electrons. The van der Waals surface area contributed by atoms with Gasteiger partial charge in [-0.25, -0.2) is 17.9 Å². The zero-order valence-corrected chi connectivity index (χ0v) is 16.4. The zero-order chi connectivity index (χ0) is 19.6. The molecule has 0 aromatic heterocycles. The lowest BCUT2D eigenvalue weighted by molar-refractivity contribution is 0.0599. The van der Waals surface area contributed by atoms with Crippen LogP contribution in [0.15, 0.2) is 41.3 Å². The van der Waals surface area contributed by atoms with E-state index in [0.717, 1.165) is 29.7 Å². The summed E-state index contributed by atoms with van der Waals surface area (Å²) >= 11 is 0. The molecule has 3 rings (SSSR count). The Morgan fingerprint density at radius 3 is 2.63 bits per heavy atom. The average Bonchev–Trinajstić information content (AvgIpc) is 2.67. The molecule has 2 aromatic rings. The standard InChI is InChI=1S/C20H23NO5S/c1-13-7-9-16(12-18(13)20(22)26-3)27(23,24)21-19-6-4-5-14-11-15(25-2)8-10-17(14)19/h7-12,19,21H,4-6H2,1-3H3/t19-/m1/s1. The Morgan fingerprint density at radius 1 is 1.15 bits per heavy atom. The van der Waals surface area contributed by atoms with Crippen molar-refractivity contribution in [1.82, 2.24) is 4.72 Å². The number of nitrogens with one attached hydrogen (secondary N) is 1. The molecular weight excluding hydrogens is 366 g/mol. The third kappa shape index (κ3) is 3.99. The molecule has 2 aromatic carbocycles. The van der Waals surface area contributed by atoms with Gasteiger partial charge in [0.2, 0.25) is 10.0 Å². The summed E-state index contributed by atoms with van der Waals surface area (Å²) in [5.74, 6) is 0.207. The van der Waals surface area contributed by atoms with Crippen LogP contribution in [0.1, 0.15) is 45.9 Å². The van der Waals surface area contributed by atoms with E-state index in [1.165, 1.54) is 19.2 Å². The number of rotatable bonds is 5. The lowest BCUT2D eigenvalue weighted by Crippen LogP contribution is -2.31. The highest BCUT2D eigenvalue weighted by atomic mass is 32.2. The second kappa shape index (κ2) is 7.70. The van der Waals surface area contributed by atoms with Crippen LogP contribution >= 0.6 is 0 Å². The fourth-order valence-electron chi connectivity index (χ4n) is 3.39. The normalized spacial score (nSPS) is 16.5. The quantitative estimate of drug-likeness (QED) is 0.795. The fraction of sp³-hybridized carbons (Fsp3) is 0.350. The van der Waals surface area contributed by atoms with Gasteiger partial charge in [0.1, 0.15) is 5.75 Å². The molecule has 0 amide bonds. The number of ether oxygens (including phenoxy) is 2. The summed E-state index contributed by atoms with van der Waals surface area (Å²) in [6.45, 7) is 1.74. The maximum atomic E-state index is 12.9. The van der Waals surface area contributed by atoms with Gasteiger partial charge in [0.15, 0.2) is 0 Å². The lowest BCUT2D eigenvalue weighted by Gasteiger charge is -2.26. The third-order valence-electron chi connectivity index (χ3n) is 4.89. The molecule has 1 aliphatic rings. The largest absolute Gasteiger partial charge is 0.497 e. The molecule has 0 unspecified atom stereocenters. The van der Waals surface area contributed by atoms with Gasteiger partial charge in [0.25, 0.3) is 0 Å². The topological polar surface area (TPSA) is 81.7 Å². The number of esters is 1. The van der Waals surface area contributed by atoms with Gasteiger partial charge in [-0.2, -0.15) is 0 Å². The summed E-state index contributed by atoms with van der Waals surface area (Å²) in [5.41, 5.74) is 2.96. The average molecular weight is 389 g/mol. The summed E-state index contributed by atoms with van der Waals surface area (Å²) in [7, 11) is -0.904. The van der Waals surface area contributed by atoms with Crippen LogP contribution in [-0.4, -0.2) is 28.6 Å². The van der Waals surface area contributed by atoms with E-state index in [-0.39, 0.29) is 16.5 Å². The van der Waals surface area contributed by atoms with Crippen LogP contribution in [0.25, 0.3) is 0 Å². The van der Waals surface area contributed by atoms with Gasteiger partial charge in [0.05, 0.1) is 24.7 Å². The summed E-state index contributed by atoms with van der Waals surface area (Å²) < 4.78 is 38.6. The van der Waals surface area contributed by atoms with Crippen LogP contribution in [0, 0.1) is 6.92 Å². The highest BCUT2D eigenvalue weighted by molar-refractivity contribution is 7.89. The first-order valence-electron chi connectivity index (χ1n) is 8.74. The molecule has 0 bridgehead atoms. The Kier molecular flexibility index (Phi) is 5.53. The van der Waals surface area contributed by atoms with Gasteiger partial charge >= 0.3 is 5.97 Å². The minimum atomic E-state index is -3.79. The SMILES string of the molecule is COC(=O)c1cc(S(=O)(=O)N[C@@H]2CCCc3cc(OC)ccc32)ccc1C. The van der Waals surface area contributed by atoms with Crippen molar-refractivity contribution in [2.75, 3.05) is 14.2 Å². The fourth-order valence-corrected chi connectivity index (χ4v) is 4.67. The van der Waals surface area contributed by atoms with Crippen molar-refractivity contribution >= 4 is 16.0 Å². The van der Waals surface area contributed by atoms with Gasteiger partial charge in [0, 0.05) is 6.04 Å². The molecule has 0 heterocycles. The second-order valence-electron chi connectivity index (χ2n) is 6.60. The molecule has 7 heteroatoms. The van der Waals surface area contributed by atoms with Gasteiger partial charge in [-0.3, -0.25) is 0 Å². The summed E-state index contributed by atoms with van der Waals surface area (Å²) in [5, 5.41) is 0. The van der Waals surface area contributed by atoms with Crippen LogP contribution in [0.2, 0.25) is 0 Å². The summed E-state index contributed by atoms with van der Waals surface area (Å²) in [6, 6.07) is 9.87. The first-order chi connectivity index (χ1) is 12.9. The Labute approximate surface area is 159 Å². The summed E-state index contributed by atoms with van der Waals surface area (Å²) in [4.78, 5) is 11.9. The van der Waals surface area contributed by atoms with Crippen molar-refractivity contribution in [3.63, 3.8) is 0 Å². The minimum Gasteiger partial charge on any atom is -0.497 e. The first-order valence-corrected chi connectivity index (χ1v) is 10.2. The molecule has 1 aliphatic carbocycles. The van der Waals surface area contributed by atoms with Crippen LogP contribution in [0.4, 0.5) is 0 Å². The third-order valence-corrected chi connectivity index (χ3v) is 6.36. The van der Waals surface area contributed by atoms with E-state index >= 15 is 0 Å². The second-order valence-corrected chi connectivity index (χ2v) is 8.31. The van der Waals surface area contributed by atoms with Crippen molar-refractivity contribution < 1.29 is 22.7 Å². The van der Waals surface area contributed by atoms with Crippen molar-refractivity contribution in [2.45, 2.75) is 37.1 Å². The smallest absolute Gasteiger partial charge is 0.338 e. The van der Waals surface area contributed by atoms with Crippen molar-refractivity contribution in [3.8, 4) is 5.75 Å². The number of carbonyl (C=O) groups is 1. The number of aryl methyl sites for hydroxylation is 2. The number of carbonyl (C=O) groups excluding carboxylic acids is 1. The molecule has 1 N–H and O–H groups in total. The molecule has 1 atom stereocenters. The zero-order valence-electron chi connectivity index (χ0n) is 15.6. The van der Waals surface area contributed by atoms with E-state index < -0.39 is 16.0 Å². The monoisotopic (exact) mass is 389 g/mol. The number of hydrogen-bond acceptors (Lipinski definition) is 5. The molecular formula is C20H23NO5S. The van der Waals surface area contributed by atoms with Crippen molar-refractivity contribution in [1.29, 1.82) is 0 Å². The van der Waals surface area contributed by atoms with E-state index in [2.05, 4.69) is 4.72 Å². The molecule has 0 spiro atoms. The van der Waals surface area contributed by atoms with Gasteiger partial charge in [-0.05, 0) is 67.1 Å². The van der Waals surface area contributed by atoms with Gasteiger partial charge < -0.3 is 9.47 Å². The Balaban J connectivity index is 1.91. The predicted molar refractivity (Wildman–Crippen MR) is 102 cm³/mol.